The minimum absolute atomic E-state index is 0.0958. The van der Waals surface area contributed by atoms with Crippen LogP contribution in [0.1, 0.15) is 40.5 Å². The van der Waals surface area contributed by atoms with E-state index in [-0.39, 0.29) is 11.8 Å². The van der Waals surface area contributed by atoms with Gasteiger partial charge in [0.2, 0.25) is 5.91 Å². The van der Waals surface area contributed by atoms with Crippen LogP contribution >= 0.6 is 11.6 Å². The van der Waals surface area contributed by atoms with E-state index < -0.39 is 0 Å². The Morgan fingerprint density at radius 3 is 2.33 bits per heavy atom. The highest BCUT2D eigenvalue weighted by atomic mass is 35.5. The van der Waals surface area contributed by atoms with Crippen LogP contribution < -0.4 is 5.32 Å². The zero-order valence-electron chi connectivity index (χ0n) is 10.3. The Kier molecular flexibility index (Phi) is 7.85. The lowest BCUT2D eigenvalue weighted by Gasteiger charge is -2.18. The fraction of sp³-hybridized carbons (Fsp3) is 0.917. The van der Waals surface area contributed by atoms with Crippen LogP contribution in [0.15, 0.2) is 0 Å². The highest BCUT2D eigenvalue weighted by molar-refractivity contribution is 6.17. The third-order valence-electron chi connectivity index (χ3n) is 3.07. The summed E-state index contributed by atoms with van der Waals surface area (Å²) in [5, 5.41) is 3.00. The zero-order valence-corrected chi connectivity index (χ0v) is 11.1. The van der Waals surface area contributed by atoms with Crippen molar-refractivity contribution >= 4 is 17.5 Å². The van der Waals surface area contributed by atoms with Crippen LogP contribution in [0.4, 0.5) is 0 Å². The second kappa shape index (κ2) is 7.98. The molecule has 90 valence electrons. The second-order valence-electron chi connectivity index (χ2n) is 4.53. The Morgan fingerprint density at radius 1 is 1.33 bits per heavy atom. The van der Waals surface area contributed by atoms with Crippen LogP contribution in [-0.4, -0.2) is 18.3 Å². The van der Waals surface area contributed by atoms with Crippen LogP contribution in [-0.2, 0) is 4.79 Å². The van der Waals surface area contributed by atoms with Gasteiger partial charge in [-0.1, -0.05) is 34.1 Å². The van der Waals surface area contributed by atoms with Crippen LogP contribution in [0.5, 0.6) is 0 Å². The maximum absolute atomic E-state index is 11.7. The van der Waals surface area contributed by atoms with Gasteiger partial charge in [0, 0.05) is 18.3 Å². The molecule has 3 heteroatoms. The molecule has 0 aromatic heterocycles. The topological polar surface area (TPSA) is 29.1 Å². The molecule has 0 bridgehead atoms. The fourth-order valence-electron chi connectivity index (χ4n) is 1.31. The first kappa shape index (κ1) is 14.8. The first-order valence-corrected chi connectivity index (χ1v) is 6.40. The second-order valence-corrected chi connectivity index (χ2v) is 4.91. The molecule has 0 fully saturated rings. The van der Waals surface area contributed by atoms with Crippen molar-refractivity contribution in [2.75, 3.05) is 12.4 Å². The van der Waals surface area contributed by atoms with E-state index in [1.54, 1.807) is 0 Å². The third-order valence-corrected chi connectivity index (χ3v) is 3.29. The fourth-order valence-corrected chi connectivity index (χ4v) is 1.62. The van der Waals surface area contributed by atoms with E-state index in [4.69, 9.17) is 11.6 Å². The van der Waals surface area contributed by atoms with Gasteiger partial charge in [0.25, 0.3) is 0 Å². The molecule has 1 N–H and O–H groups in total. The van der Waals surface area contributed by atoms with E-state index in [0.717, 1.165) is 19.4 Å². The van der Waals surface area contributed by atoms with Gasteiger partial charge in [0.1, 0.15) is 0 Å². The number of carbonyl (C=O) groups is 1. The molecule has 0 saturated carbocycles. The van der Waals surface area contributed by atoms with E-state index >= 15 is 0 Å². The molecule has 0 saturated heterocycles. The Morgan fingerprint density at radius 2 is 1.93 bits per heavy atom. The number of hydrogen-bond donors (Lipinski definition) is 1. The van der Waals surface area contributed by atoms with Crippen LogP contribution in [0, 0.1) is 17.8 Å². The summed E-state index contributed by atoms with van der Waals surface area (Å²) in [6.45, 7) is 9.01. The van der Waals surface area contributed by atoms with Crippen molar-refractivity contribution in [3.05, 3.63) is 0 Å². The van der Waals surface area contributed by atoms with E-state index in [2.05, 4.69) is 26.1 Å². The molecule has 0 aliphatic carbocycles. The van der Waals surface area contributed by atoms with Gasteiger partial charge in [-0.25, -0.2) is 0 Å². The van der Waals surface area contributed by atoms with Crippen molar-refractivity contribution in [3.63, 3.8) is 0 Å². The number of nitrogens with one attached hydrogen (secondary N) is 1. The van der Waals surface area contributed by atoms with E-state index in [0.29, 0.717) is 17.7 Å². The molecule has 0 rings (SSSR count). The van der Waals surface area contributed by atoms with E-state index in [1.165, 1.54) is 0 Å². The Hall–Kier alpha value is -0.240. The van der Waals surface area contributed by atoms with Gasteiger partial charge < -0.3 is 5.32 Å². The standard InChI is InChI=1S/C12H24ClNO/c1-5-11(6-7-13)8-14-12(15)10(4)9(2)3/h9-11H,5-8H2,1-4H3,(H,14,15). The lowest BCUT2D eigenvalue weighted by Crippen LogP contribution is -2.35. The monoisotopic (exact) mass is 233 g/mol. The summed E-state index contributed by atoms with van der Waals surface area (Å²) in [5.41, 5.74) is 0. The number of alkyl halides is 1. The summed E-state index contributed by atoms with van der Waals surface area (Å²) < 4.78 is 0. The molecule has 0 aromatic rings. The summed E-state index contributed by atoms with van der Waals surface area (Å²) in [6, 6.07) is 0. The SMILES string of the molecule is CCC(CCCl)CNC(=O)C(C)C(C)C. The molecular weight excluding hydrogens is 210 g/mol. The first-order chi connectivity index (χ1) is 7.02. The average Bonchev–Trinajstić information content (AvgIpc) is 2.22. The zero-order chi connectivity index (χ0) is 11.8. The molecule has 15 heavy (non-hydrogen) atoms. The van der Waals surface area contributed by atoms with Crippen molar-refractivity contribution in [1.82, 2.24) is 5.32 Å². The van der Waals surface area contributed by atoms with Gasteiger partial charge in [-0.15, -0.1) is 11.6 Å². The molecule has 2 atom stereocenters. The molecular formula is C12H24ClNO. The van der Waals surface area contributed by atoms with Gasteiger partial charge in [-0.3, -0.25) is 4.79 Å². The molecule has 2 nitrogen and oxygen atoms in total. The minimum atomic E-state index is 0.0958. The molecule has 0 aliphatic heterocycles. The Labute approximate surface area is 98.8 Å². The van der Waals surface area contributed by atoms with E-state index in [1.807, 2.05) is 6.92 Å². The summed E-state index contributed by atoms with van der Waals surface area (Å²) in [6.07, 6.45) is 2.05. The number of carbonyl (C=O) groups excluding carboxylic acids is 1. The minimum Gasteiger partial charge on any atom is -0.356 e. The van der Waals surface area contributed by atoms with Gasteiger partial charge in [-0.2, -0.15) is 0 Å². The molecule has 0 radical (unpaired) electrons. The van der Waals surface area contributed by atoms with Crippen LogP contribution in [0.3, 0.4) is 0 Å². The third kappa shape index (κ3) is 6.03. The smallest absolute Gasteiger partial charge is 0.223 e. The molecule has 0 spiro atoms. The number of amides is 1. The number of halogens is 1. The van der Waals surface area contributed by atoms with E-state index in [9.17, 15) is 4.79 Å². The molecule has 2 unspecified atom stereocenters. The first-order valence-electron chi connectivity index (χ1n) is 5.86. The molecule has 0 aliphatic rings. The maximum Gasteiger partial charge on any atom is 0.223 e. The normalized spacial score (nSPS) is 15.1. The van der Waals surface area contributed by atoms with Gasteiger partial charge in [0.05, 0.1) is 0 Å². The average molecular weight is 234 g/mol. The van der Waals surface area contributed by atoms with Crippen molar-refractivity contribution < 1.29 is 4.79 Å². The van der Waals surface area contributed by atoms with Crippen LogP contribution in [0.25, 0.3) is 0 Å². The van der Waals surface area contributed by atoms with Crippen molar-refractivity contribution in [1.29, 1.82) is 0 Å². The van der Waals surface area contributed by atoms with Gasteiger partial charge in [-0.05, 0) is 18.3 Å². The van der Waals surface area contributed by atoms with Gasteiger partial charge in [0.15, 0.2) is 0 Å². The summed E-state index contributed by atoms with van der Waals surface area (Å²) >= 11 is 5.69. The lowest BCUT2D eigenvalue weighted by molar-refractivity contribution is -0.125. The summed E-state index contributed by atoms with van der Waals surface area (Å²) in [5.74, 6) is 1.86. The highest BCUT2D eigenvalue weighted by Crippen LogP contribution is 2.11. The highest BCUT2D eigenvalue weighted by Gasteiger charge is 2.17. The quantitative estimate of drug-likeness (QED) is 0.673. The summed E-state index contributed by atoms with van der Waals surface area (Å²) in [4.78, 5) is 11.7. The van der Waals surface area contributed by atoms with Gasteiger partial charge >= 0.3 is 0 Å². The summed E-state index contributed by atoms with van der Waals surface area (Å²) in [7, 11) is 0. The molecule has 0 aromatic carbocycles. The maximum atomic E-state index is 11.7. The Bertz CT molecular complexity index is 182. The van der Waals surface area contributed by atoms with Crippen LogP contribution in [0.2, 0.25) is 0 Å². The molecule has 1 amide bonds. The number of rotatable bonds is 7. The lowest BCUT2D eigenvalue weighted by atomic mass is 9.96. The predicted molar refractivity (Wildman–Crippen MR) is 66.1 cm³/mol. The van der Waals surface area contributed by atoms with Crippen molar-refractivity contribution in [2.24, 2.45) is 17.8 Å². The number of hydrogen-bond acceptors (Lipinski definition) is 1. The van der Waals surface area contributed by atoms with Crippen molar-refractivity contribution in [2.45, 2.75) is 40.5 Å². The molecule has 0 heterocycles. The largest absolute Gasteiger partial charge is 0.356 e. The predicted octanol–water partition coefficient (Wildman–Crippen LogP) is 3.05. The van der Waals surface area contributed by atoms with Crippen molar-refractivity contribution in [3.8, 4) is 0 Å². The Balaban J connectivity index is 3.87.